The van der Waals surface area contributed by atoms with Crippen LogP contribution >= 0.6 is 0 Å². The monoisotopic (exact) mass is 204 g/mol. The minimum absolute atomic E-state index is 0.0170. The number of carbonyl (C=O) groups excluding carboxylic acids is 1. The molecule has 1 amide bonds. The molecular formula is C11H12N2O2. The van der Waals surface area contributed by atoms with Crippen LogP contribution in [0.15, 0.2) is 18.8 Å². The maximum atomic E-state index is 11.1. The number of nitrogens with one attached hydrogen (secondary N) is 1. The molecule has 4 nitrogen and oxygen atoms in total. The van der Waals surface area contributed by atoms with Gasteiger partial charge in [-0.3, -0.25) is 4.79 Å². The van der Waals surface area contributed by atoms with Gasteiger partial charge in [0.2, 0.25) is 5.91 Å². The molecule has 0 saturated carbocycles. The van der Waals surface area contributed by atoms with E-state index in [4.69, 9.17) is 4.74 Å². The molecule has 0 unspecified atom stereocenters. The van der Waals surface area contributed by atoms with E-state index in [0.29, 0.717) is 24.6 Å². The SMILES string of the molecule is C=C(OCC)c1cnc2c(c1)CC(=O)N2. The van der Waals surface area contributed by atoms with E-state index in [-0.39, 0.29) is 5.91 Å². The molecule has 1 N–H and O–H groups in total. The van der Waals surface area contributed by atoms with E-state index in [2.05, 4.69) is 16.9 Å². The minimum atomic E-state index is -0.0170. The van der Waals surface area contributed by atoms with Gasteiger partial charge in [0.1, 0.15) is 11.6 Å². The Morgan fingerprint density at radius 2 is 2.53 bits per heavy atom. The van der Waals surface area contributed by atoms with Gasteiger partial charge in [0.15, 0.2) is 0 Å². The third-order valence-corrected chi connectivity index (χ3v) is 2.22. The van der Waals surface area contributed by atoms with Crippen LogP contribution in [-0.4, -0.2) is 17.5 Å². The predicted octanol–water partition coefficient (Wildman–Crippen LogP) is 1.58. The van der Waals surface area contributed by atoms with Gasteiger partial charge in [-0.2, -0.15) is 0 Å². The van der Waals surface area contributed by atoms with E-state index in [1.165, 1.54) is 0 Å². The highest BCUT2D eigenvalue weighted by atomic mass is 16.5. The van der Waals surface area contributed by atoms with Crippen molar-refractivity contribution in [2.45, 2.75) is 13.3 Å². The summed E-state index contributed by atoms with van der Waals surface area (Å²) < 4.78 is 5.27. The second-order valence-electron chi connectivity index (χ2n) is 3.31. The molecule has 0 aromatic carbocycles. The van der Waals surface area contributed by atoms with Crippen LogP contribution < -0.4 is 5.32 Å². The molecular weight excluding hydrogens is 192 g/mol. The maximum absolute atomic E-state index is 11.1. The van der Waals surface area contributed by atoms with E-state index in [9.17, 15) is 4.79 Å². The molecule has 2 heterocycles. The van der Waals surface area contributed by atoms with E-state index < -0.39 is 0 Å². The first-order valence-corrected chi connectivity index (χ1v) is 4.81. The predicted molar refractivity (Wildman–Crippen MR) is 57.2 cm³/mol. The van der Waals surface area contributed by atoms with E-state index in [1.54, 1.807) is 6.20 Å². The first kappa shape index (κ1) is 9.71. The van der Waals surface area contributed by atoms with Crippen LogP contribution in [-0.2, 0) is 16.0 Å². The number of hydrogen-bond donors (Lipinski definition) is 1. The molecule has 0 radical (unpaired) electrons. The number of rotatable bonds is 3. The number of carbonyl (C=O) groups is 1. The summed E-state index contributed by atoms with van der Waals surface area (Å²) in [6.07, 6.45) is 2.04. The molecule has 1 aliphatic rings. The summed E-state index contributed by atoms with van der Waals surface area (Å²) in [7, 11) is 0. The summed E-state index contributed by atoms with van der Waals surface area (Å²) in [6.45, 7) is 6.27. The Balaban J connectivity index is 2.27. The molecule has 4 heteroatoms. The van der Waals surface area contributed by atoms with Crippen LogP contribution in [0.1, 0.15) is 18.1 Å². The van der Waals surface area contributed by atoms with Crippen molar-refractivity contribution < 1.29 is 9.53 Å². The zero-order valence-electron chi connectivity index (χ0n) is 8.54. The van der Waals surface area contributed by atoms with E-state index >= 15 is 0 Å². The molecule has 0 bridgehead atoms. The summed E-state index contributed by atoms with van der Waals surface area (Å²) in [5.74, 6) is 1.22. The number of pyridine rings is 1. The largest absolute Gasteiger partial charge is 0.494 e. The van der Waals surface area contributed by atoms with Gasteiger partial charge in [-0.05, 0) is 13.0 Å². The topological polar surface area (TPSA) is 51.2 Å². The van der Waals surface area contributed by atoms with Crippen LogP contribution in [0.4, 0.5) is 5.82 Å². The molecule has 1 aliphatic heterocycles. The van der Waals surface area contributed by atoms with Crippen molar-refractivity contribution >= 4 is 17.5 Å². The normalized spacial score (nSPS) is 13.3. The van der Waals surface area contributed by atoms with Gasteiger partial charge in [-0.1, -0.05) is 6.58 Å². The smallest absolute Gasteiger partial charge is 0.230 e. The molecule has 1 aromatic rings. The van der Waals surface area contributed by atoms with Gasteiger partial charge >= 0.3 is 0 Å². The quantitative estimate of drug-likeness (QED) is 0.760. The van der Waals surface area contributed by atoms with Crippen LogP contribution in [0, 0.1) is 0 Å². The summed E-state index contributed by atoms with van der Waals surface area (Å²) in [5, 5.41) is 2.67. The Kier molecular flexibility index (Phi) is 2.41. The Hall–Kier alpha value is -1.84. The molecule has 1 aromatic heterocycles. The number of aromatic nitrogens is 1. The maximum Gasteiger partial charge on any atom is 0.230 e. The van der Waals surface area contributed by atoms with Crippen LogP contribution in [0.5, 0.6) is 0 Å². The summed E-state index contributed by atoms with van der Waals surface area (Å²) in [4.78, 5) is 15.2. The van der Waals surface area contributed by atoms with Crippen molar-refractivity contribution in [1.29, 1.82) is 0 Å². The van der Waals surface area contributed by atoms with Crippen LogP contribution in [0.2, 0.25) is 0 Å². The van der Waals surface area contributed by atoms with E-state index in [0.717, 1.165) is 11.1 Å². The fraction of sp³-hybridized carbons (Fsp3) is 0.273. The van der Waals surface area contributed by atoms with Crippen molar-refractivity contribution in [2.24, 2.45) is 0 Å². The minimum Gasteiger partial charge on any atom is -0.494 e. The first-order valence-electron chi connectivity index (χ1n) is 4.81. The molecule has 2 rings (SSSR count). The fourth-order valence-electron chi connectivity index (χ4n) is 1.52. The summed E-state index contributed by atoms with van der Waals surface area (Å²) in [6, 6.07) is 1.89. The highest BCUT2D eigenvalue weighted by Gasteiger charge is 2.19. The van der Waals surface area contributed by atoms with Gasteiger partial charge in [0.05, 0.1) is 13.0 Å². The summed E-state index contributed by atoms with van der Waals surface area (Å²) in [5.41, 5.74) is 1.73. The van der Waals surface area contributed by atoms with E-state index in [1.807, 2.05) is 13.0 Å². The van der Waals surface area contributed by atoms with Gasteiger partial charge in [-0.15, -0.1) is 0 Å². The van der Waals surface area contributed by atoms with Crippen molar-refractivity contribution in [2.75, 3.05) is 11.9 Å². The van der Waals surface area contributed by atoms with Gasteiger partial charge in [-0.25, -0.2) is 4.98 Å². The van der Waals surface area contributed by atoms with Gasteiger partial charge in [0, 0.05) is 17.3 Å². The lowest BCUT2D eigenvalue weighted by atomic mass is 10.1. The van der Waals surface area contributed by atoms with Crippen LogP contribution in [0.3, 0.4) is 0 Å². The molecule has 0 fully saturated rings. The lowest BCUT2D eigenvalue weighted by Gasteiger charge is -2.07. The fourth-order valence-corrected chi connectivity index (χ4v) is 1.52. The lowest BCUT2D eigenvalue weighted by Crippen LogP contribution is -2.04. The third kappa shape index (κ3) is 1.83. The average Bonchev–Trinajstić information content (AvgIpc) is 2.57. The Labute approximate surface area is 88.0 Å². The van der Waals surface area contributed by atoms with Crippen LogP contribution in [0.25, 0.3) is 5.76 Å². The third-order valence-electron chi connectivity index (χ3n) is 2.22. The second-order valence-corrected chi connectivity index (χ2v) is 3.31. The Morgan fingerprint density at radius 3 is 3.27 bits per heavy atom. The molecule has 0 saturated heterocycles. The number of hydrogen-bond acceptors (Lipinski definition) is 3. The number of fused-ring (bicyclic) bond motifs is 1. The van der Waals surface area contributed by atoms with Crippen molar-refractivity contribution in [1.82, 2.24) is 4.98 Å². The van der Waals surface area contributed by atoms with Gasteiger partial charge in [0.25, 0.3) is 0 Å². The zero-order valence-corrected chi connectivity index (χ0v) is 8.54. The van der Waals surface area contributed by atoms with Crippen molar-refractivity contribution in [3.8, 4) is 0 Å². The molecule has 0 aliphatic carbocycles. The molecule has 0 atom stereocenters. The standard InChI is InChI=1S/C11H12N2O2/c1-3-15-7(2)9-4-8-5-10(14)13-11(8)12-6-9/h4,6H,2-3,5H2,1H3,(H,12,13,14). The molecule has 78 valence electrons. The Morgan fingerprint density at radius 1 is 1.73 bits per heavy atom. The highest BCUT2D eigenvalue weighted by Crippen LogP contribution is 2.23. The average molecular weight is 204 g/mol. The highest BCUT2D eigenvalue weighted by molar-refractivity contribution is 5.98. The number of anilines is 1. The number of nitrogens with zero attached hydrogens (tertiary/aromatic N) is 1. The Bertz CT molecular complexity index is 427. The zero-order chi connectivity index (χ0) is 10.8. The lowest BCUT2D eigenvalue weighted by molar-refractivity contribution is -0.115. The number of amides is 1. The second kappa shape index (κ2) is 3.73. The van der Waals surface area contributed by atoms with Gasteiger partial charge < -0.3 is 10.1 Å². The molecule has 0 spiro atoms. The summed E-state index contributed by atoms with van der Waals surface area (Å²) >= 11 is 0. The van der Waals surface area contributed by atoms with Crippen molar-refractivity contribution in [3.63, 3.8) is 0 Å². The first-order chi connectivity index (χ1) is 7.20. The molecule has 15 heavy (non-hydrogen) atoms. The number of ether oxygens (including phenoxy) is 1. The van der Waals surface area contributed by atoms with Crippen molar-refractivity contribution in [3.05, 3.63) is 30.0 Å².